The van der Waals surface area contributed by atoms with Gasteiger partial charge in [-0.15, -0.1) is 10.2 Å². The molecule has 1 aliphatic heterocycles. The number of hydrogen-bond acceptors (Lipinski definition) is 5. The molecule has 0 aliphatic carbocycles. The second kappa shape index (κ2) is 3.75. The van der Waals surface area contributed by atoms with Gasteiger partial charge >= 0.3 is 0 Å². The first-order chi connectivity index (χ1) is 8.33. The average molecular weight is 228 g/mol. The van der Waals surface area contributed by atoms with Crippen molar-refractivity contribution in [3.8, 4) is 0 Å². The maximum atomic E-state index is 11.8. The quantitative estimate of drug-likeness (QED) is 0.722. The monoisotopic (exact) mass is 228 g/mol. The summed E-state index contributed by atoms with van der Waals surface area (Å²) in [4.78, 5) is 11.8. The fourth-order valence-electron chi connectivity index (χ4n) is 1.56. The number of rotatable bonds is 1. The number of amides is 1. The topological polar surface area (TPSA) is 80.0 Å². The summed E-state index contributed by atoms with van der Waals surface area (Å²) >= 11 is 0. The number of benzene rings is 1. The first kappa shape index (κ1) is 9.59. The first-order valence-corrected chi connectivity index (χ1v) is 4.98. The summed E-state index contributed by atoms with van der Waals surface area (Å²) in [5.74, 6) is 0.0453. The molecule has 0 spiro atoms. The van der Waals surface area contributed by atoms with Crippen molar-refractivity contribution in [3.63, 3.8) is 0 Å². The van der Waals surface area contributed by atoms with Crippen LogP contribution in [0.5, 0.6) is 0 Å². The van der Waals surface area contributed by atoms with Crippen LogP contribution in [0.2, 0.25) is 0 Å². The second-order valence-corrected chi connectivity index (χ2v) is 3.46. The lowest BCUT2D eigenvalue weighted by Crippen LogP contribution is -2.25. The molecule has 0 saturated carbocycles. The number of aromatic nitrogens is 2. The molecule has 84 valence electrons. The SMILES string of the molecule is O=C1Nc2ccccc2N/C1=C/c1nnco1. The standard InChI is InChI=1S/C11H8N4O2/c16-11-9(5-10-15-12-6-17-10)13-7-3-1-2-4-8(7)14-11/h1-6,13H,(H,14,16)/b9-5+. The molecule has 0 bridgehead atoms. The lowest BCUT2D eigenvalue weighted by molar-refractivity contribution is -0.112. The number of carbonyl (C=O) groups excluding carboxylic acids is 1. The van der Waals surface area contributed by atoms with Crippen molar-refractivity contribution < 1.29 is 9.21 Å². The Kier molecular flexibility index (Phi) is 2.11. The number of fused-ring (bicyclic) bond motifs is 1. The summed E-state index contributed by atoms with van der Waals surface area (Å²) in [6, 6.07) is 7.43. The van der Waals surface area contributed by atoms with Crippen LogP contribution in [0.1, 0.15) is 5.89 Å². The van der Waals surface area contributed by atoms with Gasteiger partial charge in [0.1, 0.15) is 5.70 Å². The van der Waals surface area contributed by atoms with E-state index in [1.54, 1.807) is 0 Å². The van der Waals surface area contributed by atoms with Crippen molar-refractivity contribution in [2.45, 2.75) is 0 Å². The Balaban J connectivity index is 1.97. The van der Waals surface area contributed by atoms with Crippen molar-refractivity contribution in [2.24, 2.45) is 0 Å². The number of para-hydroxylation sites is 2. The van der Waals surface area contributed by atoms with E-state index in [2.05, 4.69) is 20.8 Å². The van der Waals surface area contributed by atoms with Gasteiger partial charge in [-0.05, 0) is 12.1 Å². The summed E-state index contributed by atoms with van der Waals surface area (Å²) in [5, 5.41) is 13.0. The van der Waals surface area contributed by atoms with Gasteiger partial charge < -0.3 is 15.1 Å². The Labute approximate surface area is 96.4 Å². The molecule has 0 unspecified atom stereocenters. The minimum atomic E-state index is -0.234. The average Bonchev–Trinajstić information content (AvgIpc) is 2.83. The van der Waals surface area contributed by atoms with Crippen LogP contribution in [0, 0.1) is 0 Å². The largest absolute Gasteiger partial charge is 0.424 e. The number of hydrogen-bond donors (Lipinski definition) is 2. The van der Waals surface area contributed by atoms with Gasteiger partial charge in [0.05, 0.1) is 11.4 Å². The molecule has 3 rings (SSSR count). The molecule has 2 aromatic rings. The Bertz CT molecular complexity index is 589. The van der Waals surface area contributed by atoms with E-state index in [0.717, 1.165) is 11.4 Å². The highest BCUT2D eigenvalue weighted by Gasteiger charge is 2.19. The third-order valence-electron chi connectivity index (χ3n) is 2.33. The molecule has 1 aromatic carbocycles. The minimum Gasteiger partial charge on any atom is -0.424 e. The molecule has 17 heavy (non-hydrogen) atoms. The molecule has 0 saturated heterocycles. The molecule has 2 N–H and O–H groups in total. The van der Waals surface area contributed by atoms with Crippen molar-refractivity contribution in [1.82, 2.24) is 10.2 Å². The van der Waals surface area contributed by atoms with Crippen molar-refractivity contribution in [3.05, 3.63) is 42.2 Å². The van der Waals surface area contributed by atoms with E-state index < -0.39 is 0 Å². The van der Waals surface area contributed by atoms with Gasteiger partial charge in [-0.3, -0.25) is 4.79 Å². The van der Waals surface area contributed by atoms with E-state index in [9.17, 15) is 4.79 Å². The lowest BCUT2D eigenvalue weighted by Gasteiger charge is -2.20. The highest BCUT2D eigenvalue weighted by molar-refractivity contribution is 6.13. The Morgan fingerprint density at radius 1 is 1.18 bits per heavy atom. The zero-order valence-electron chi connectivity index (χ0n) is 8.68. The van der Waals surface area contributed by atoms with E-state index >= 15 is 0 Å². The van der Waals surface area contributed by atoms with Gasteiger partial charge in [-0.25, -0.2) is 0 Å². The maximum absolute atomic E-state index is 11.8. The van der Waals surface area contributed by atoms with Crippen LogP contribution >= 0.6 is 0 Å². The lowest BCUT2D eigenvalue weighted by atomic mass is 10.2. The van der Waals surface area contributed by atoms with Gasteiger partial charge in [0, 0.05) is 6.08 Å². The molecule has 1 amide bonds. The predicted octanol–water partition coefficient (Wildman–Crippen LogP) is 1.47. The first-order valence-electron chi connectivity index (χ1n) is 4.98. The normalized spacial score (nSPS) is 16.2. The van der Waals surface area contributed by atoms with Gasteiger partial charge in [0.25, 0.3) is 5.91 Å². The molecule has 0 radical (unpaired) electrons. The van der Waals surface area contributed by atoms with Crippen LogP contribution in [0.25, 0.3) is 6.08 Å². The summed E-state index contributed by atoms with van der Waals surface area (Å²) in [6.45, 7) is 0. The van der Waals surface area contributed by atoms with Crippen molar-refractivity contribution in [1.29, 1.82) is 0 Å². The van der Waals surface area contributed by atoms with E-state index in [1.807, 2.05) is 24.3 Å². The van der Waals surface area contributed by atoms with Gasteiger partial charge in [0.2, 0.25) is 12.3 Å². The molecule has 6 heteroatoms. The third kappa shape index (κ3) is 1.76. The maximum Gasteiger partial charge on any atom is 0.272 e. The molecule has 6 nitrogen and oxygen atoms in total. The van der Waals surface area contributed by atoms with Crippen LogP contribution < -0.4 is 10.6 Å². The number of nitrogens with one attached hydrogen (secondary N) is 2. The fourth-order valence-corrected chi connectivity index (χ4v) is 1.56. The zero-order chi connectivity index (χ0) is 11.7. The predicted molar refractivity (Wildman–Crippen MR) is 61.0 cm³/mol. The zero-order valence-corrected chi connectivity index (χ0v) is 8.68. The van der Waals surface area contributed by atoms with Gasteiger partial charge in [-0.2, -0.15) is 0 Å². The van der Waals surface area contributed by atoms with E-state index in [0.29, 0.717) is 5.70 Å². The van der Waals surface area contributed by atoms with Crippen molar-refractivity contribution >= 4 is 23.4 Å². The molecular formula is C11H8N4O2. The minimum absolute atomic E-state index is 0.234. The molecular weight excluding hydrogens is 220 g/mol. The summed E-state index contributed by atoms with van der Waals surface area (Å²) < 4.78 is 4.95. The van der Waals surface area contributed by atoms with E-state index in [1.165, 1.54) is 12.5 Å². The second-order valence-electron chi connectivity index (χ2n) is 3.46. The smallest absolute Gasteiger partial charge is 0.272 e. The summed E-state index contributed by atoms with van der Waals surface area (Å²) in [5.41, 5.74) is 1.95. The van der Waals surface area contributed by atoms with Crippen LogP contribution in [-0.2, 0) is 4.79 Å². The molecule has 2 heterocycles. The Hall–Kier alpha value is -2.63. The number of nitrogens with zero attached hydrogens (tertiary/aromatic N) is 2. The number of anilines is 2. The highest BCUT2D eigenvalue weighted by Crippen LogP contribution is 2.27. The fraction of sp³-hybridized carbons (Fsp3) is 0. The molecule has 0 fully saturated rings. The molecule has 1 aromatic heterocycles. The molecule has 1 aliphatic rings. The van der Waals surface area contributed by atoms with E-state index in [4.69, 9.17) is 4.42 Å². The highest BCUT2D eigenvalue weighted by atomic mass is 16.4. The van der Waals surface area contributed by atoms with Gasteiger partial charge in [0.15, 0.2) is 0 Å². The van der Waals surface area contributed by atoms with Gasteiger partial charge in [-0.1, -0.05) is 12.1 Å². The molecule has 0 atom stereocenters. The van der Waals surface area contributed by atoms with Crippen molar-refractivity contribution in [2.75, 3.05) is 10.6 Å². The summed E-state index contributed by atoms with van der Waals surface area (Å²) in [7, 11) is 0. The van der Waals surface area contributed by atoms with Crippen LogP contribution in [-0.4, -0.2) is 16.1 Å². The number of carbonyl (C=O) groups is 1. The Morgan fingerprint density at radius 2 is 1.94 bits per heavy atom. The van der Waals surface area contributed by atoms with Crippen LogP contribution in [0.15, 0.2) is 40.8 Å². The third-order valence-corrected chi connectivity index (χ3v) is 2.33. The van der Waals surface area contributed by atoms with Crippen LogP contribution in [0.4, 0.5) is 11.4 Å². The van der Waals surface area contributed by atoms with E-state index in [-0.39, 0.29) is 11.8 Å². The van der Waals surface area contributed by atoms with Crippen LogP contribution in [0.3, 0.4) is 0 Å². The summed E-state index contributed by atoms with van der Waals surface area (Å²) in [6.07, 6.45) is 2.71. The Morgan fingerprint density at radius 3 is 2.65 bits per heavy atom.